The summed E-state index contributed by atoms with van der Waals surface area (Å²) in [6, 6.07) is 1.26. The Morgan fingerprint density at radius 2 is 2.16 bits per heavy atom. The average Bonchev–Trinajstić information content (AvgIpc) is 3.01. The topological polar surface area (TPSA) is 66.4 Å². The predicted molar refractivity (Wildman–Crippen MR) is 74.3 cm³/mol. The Hall–Kier alpha value is -1.36. The van der Waals surface area contributed by atoms with Gasteiger partial charge in [-0.05, 0) is 36.3 Å². The molecule has 4 nitrogen and oxygen atoms in total. The number of thiophene rings is 1. The lowest BCUT2D eigenvalue weighted by atomic mass is 10.0. The van der Waals surface area contributed by atoms with Crippen LogP contribution in [0.3, 0.4) is 0 Å². The number of aliphatic carboxylic acids is 1. The molecule has 19 heavy (non-hydrogen) atoms. The number of carbonyl (C=O) groups is 2. The molecule has 1 aromatic heterocycles. The number of carboxylic acids is 1. The third-order valence-electron chi connectivity index (χ3n) is 3.60. The minimum absolute atomic E-state index is 0.0575. The predicted octanol–water partition coefficient (Wildman–Crippen LogP) is 2.39. The van der Waals surface area contributed by atoms with Gasteiger partial charge >= 0.3 is 5.97 Å². The van der Waals surface area contributed by atoms with Crippen LogP contribution in [0.2, 0.25) is 0 Å². The van der Waals surface area contributed by atoms with E-state index in [4.69, 9.17) is 5.11 Å². The second-order valence-corrected chi connectivity index (χ2v) is 6.43. The number of carbonyl (C=O) groups excluding carboxylic acids is 1. The van der Waals surface area contributed by atoms with E-state index in [-0.39, 0.29) is 23.7 Å². The van der Waals surface area contributed by atoms with Crippen LogP contribution in [0.1, 0.15) is 36.6 Å². The molecule has 0 saturated heterocycles. The van der Waals surface area contributed by atoms with E-state index in [1.54, 1.807) is 25.2 Å². The Bertz CT molecular complexity index is 495. The lowest BCUT2D eigenvalue weighted by Crippen LogP contribution is -2.45. The molecule has 1 heterocycles. The van der Waals surface area contributed by atoms with Gasteiger partial charge in [-0.2, -0.15) is 0 Å². The molecule has 1 aliphatic rings. The molecule has 2 N–H and O–H groups in total. The van der Waals surface area contributed by atoms with Crippen molar-refractivity contribution in [2.75, 3.05) is 0 Å². The maximum atomic E-state index is 12.1. The maximum Gasteiger partial charge on any atom is 0.326 e. The van der Waals surface area contributed by atoms with Gasteiger partial charge in [0.2, 0.25) is 5.91 Å². The molecule has 1 aliphatic carbocycles. The summed E-state index contributed by atoms with van der Waals surface area (Å²) in [6.07, 6.45) is 0.831. The first-order valence-corrected chi connectivity index (χ1v) is 7.37. The molecule has 5 heteroatoms. The molecule has 1 saturated carbocycles. The van der Waals surface area contributed by atoms with Crippen molar-refractivity contribution in [3.63, 3.8) is 0 Å². The molecule has 3 unspecified atom stereocenters. The highest BCUT2D eigenvalue weighted by atomic mass is 32.1. The number of aryl methyl sites for hydroxylation is 1. The molecule has 0 radical (unpaired) electrons. The van der Waals surface area contributed by atoms with E-state index < -0.39 is 12.0 Å². The second kappa shape index (κ2) is 5.33. The summed E-state index contributed by atoms with van der Waals surface area (Å²) in [7, 11) is 0. The van der Waals surface area contributed by atoms with Gasteiger partial charge in [-0.3, -0.25) is 4.79 Å². The molecule has 0 spiro atoms. The molecule has 3 atom stereocenters. The van der Waals surface area contributed by atoms with Gasteiger partial charge in [0, 0.05) is 16.7 Å². The van der Waals surface area contributed by atoms with Crippen LogP contribution in [-0.2, 0) is 9.59 Å². The Labute approximate surface area is 116 Å². The van der Waals surface area contributed by atoms with Crippen LogP contribution in [0.5, 0.6) is 0 Å². The van der Waals surface area contributed by atoms with Crippen molar-refractivity contribution in [2.45, 2.75) is 39.2 Å². The molecule has 104 valence electrons. The summed E-state index contributed by atoms with van der Waals surface area (Å²) in [5.41, 5.74) is 1.23. The first-order chi connectivity index (χ1) is 8.91. The summed E-state index contributed by atoms with van der Waals surface area (Å²) in [5.74, 6) is -0.978. The molecule has 0 aromatic carbocycles. The smallest absolute Gasteiger partial charge is 0.326 e. The van der Waals surface area contributed by atoms with Crippen molar-refractivity contribution >= 4 is 23.2 Å². The van der Waals surface area contributed by atoms with Crippen molar-refractivity contribution in [1.29, 1.82) is 0 Å². The van der Waals surface area contributed by atoms with Crippen molar-refractivity contribution in [3.05, 3.63) is 21.9 Å². The lowest BCUT2D eigenvalue weighted by molar-refractivity contribution is -0.143. The minimum Gasteiger partial charge on any atom is -0.480 e. The van der Waals surface area contributed by atoms with Gasteiger partial charge in [0.1, 0.15) is 6.04 Å². The highest BCUT2D eigenvalue weighted by Crippen LogP contribution is 2.50. The number of hydrogen-bond acceptors (Lipinski definition) is 3. The fraction of sp³-hybridized carbons (Fsp3) is 0.571. The molecule has 0 bridgehead atoms. The highest BCUT2D eigenvalue weighted by Gasteiger charge is 2.46. The van der Waals surface area contributed by atoms with Crippen molar-refractivity contribution in [2.24, 2.45) is 11.8 Å². The zero-order valence-electron chi connectivity index (χ0n) is 11.3. The van der Waals surface area contributed by atoms with Gasteiger partial charge in [0.05, 0.1) is 0 Å². The quantitative estimate of drug-likeness (QED) is 0.871. The fourth-order valence-electron chi connectivity index (χ4n) is 2.31. The normalized spacial score (nSPS) is 23.2. The van der Waals surface area contributed by atoms with Gasteiger partial charge in [-0.1, -0.05) is 13.8 Å². The third kappa shape index (κ3) is 2.97. The molecular weight excluding hydrogens is 262 g/mol. The van der Waals surface area contributed by atoms with E-state index in [0.717, 1.165) is 6.42 Å². The van der Waals surface area contributed by atoms with Crippen LogP contribution in [0.25, 0.3) is 0 Å². The summed E-state index contributed by atoms with van der Waals surface area (Å²) >= 11 is 1.68. The second-order valence-electron chi connectivity index (χ2n) is 5.49. The molecule has 2 rings (SSSR count). The number of amides is 1. The number of nitrogens with one attached hydrogen (secondary N) is 1. The molecule has 1 fully saturated rings. The Balaban J connectivity index is 1.96. The average molecular weight is 281 g/mol. The summed E-state index contributed by atoms with van der Waals surface area (Å²) in [5, 5.41) is 13.8. The van der Waals surface area contributed by atoms with Crippen LogP contribution in [-0.4, -0.2) is 23.0 Å². The van der Waals surface area contributed by atoms with Gasteiger partial charge in [-0.25, -0.2) is 4.79 Å². The van der Waals surface area contributed by atoms with Gasteiger partial charge < -0.3 is 10.4 Å². The van der Waals surface area contributed by atoms with E-state index >= 15 is 0 Å². The van der Waals surface area contributed by atoms with E-state index in [1.807, 2.05) is 12.3 Å². The minimum atomic E-state index is -0.965. The Kier molecular flexibility index (Phi) is 3.94. The van der Waals surface area contributed by atoms with Crippen molar-refractivity contribution < 1.29 is 14.7 Å². The summed E-state index contributed by atoms with van der Waals surface area (Å²) in [4.78, 5) is 24.4. The monoisotopic (exact) mass is 281 g/mol. The van der Waals surface area contributed by atoms with Crippen molar-refractivity contribution in [3.8, 4) is 0 Å². The summed E-state index contributed by atoms with van der Waals surface area (Å²) in [6.45, 7) is 5.65. The molecule has 1 aromatic rings. The third-order valence-corrected chi connectivity index (χ3v) is 4.75. The van der Waals surface area contributed by atoms with Crippen LogP contribution in [0.4, 0.5) is 0 Å². The Morgan fingerprint density at radius 1 is 1.47 bits per heavy atom. The van der Waals surface area contributed by atoms with Crippen LogP contribution in [0.15, 0.2) is 11.4 Å². The standard InChI is InChI=1S/C14H19NO3S/c1-7(2)11(14(17)18)15-13(16)10-6-9(10)12-8(3)4-5-19-12/h4-5,7,9-11H,6H2,1-3H3,(H,15,16)(H,17,18). The first kappa shape index (κ1) is 14.1. The number of rotatable bonds is 5. The zero-order chi connectivity index (χ0) is 14.2. The van der Waals surface area contributed by atoms with Gasteiger partial charge in [0.15, 0.2) is 0 Å². The lowest BCUT2D eigenvalue weighted by Gasteiger charge is -2.17. The summed E-state index contributed by atoms with van der Waals surface area (Å²) < 4.78 is 0. The van der Waals surface area contributed by atoms with Gasteiger partial charge in [0.25, 0.3) is 0 Å². The van der Waals surface area contributed by atoms with Crippen LogP contribution >= 0.6 is 11.3 Å². The molecular formula is C14H19NO3S. The van der Waals surface area contributed by atoms with Gasteiger partial charge in [-0.15, -0.1) is 11.3 Å². The maximum absolute atomic E-state index is 12.1. The molecule has 0 aliphatic heterocycles. The zero-order valence-corrected chi connectivity index (χ0v) is 12.2. The molecule has 1 amide bonds. The van der Waals surface area contributed by atoms with Crippen LogP contribution < -0.4 is 5.32 Å². The largest absolute Gasteiger partial charge is 0.480 e. The van der Waals surface area contributed by atoms with Crippen molar-refractivity contribution in [1.82, 2.24) is 5.32 Å². The van der Waals surface area contributed by atoms with Crippen LogP contribution in [0, 0.1) is 18.8 Å². The fourth-order valence-corrected chi connectivity index (χ4v) is 3.42. The number of hydrogen-bond donors (Lipinski definition) is 2. The van der Waals surface area contributed by atoms with E-state index in [2.05, 4.69) is 11.4 Å². The van der Waals surface area contributed by atoms with E-state index in [0.29, 0.717) is 0 Å². The number of carboxylic acid groups (broad SMARTS) is 1. The van der Waals surface area contributed by atoms with E-state index in [1.165, 1.54) is 10.4 Å². The Morgan fingerprint density at radius 3 is 2.63 bits per heavy atom. The first-order valence-electron chi connectivity index (χ1n) is 6.49. The SMILES string of the molecule is Cc1ccsc1C1CC1C(=O)NC(C(=O)O)C(C)C. The highest BCUT2D eigenvalue weighted by molar-refractivity contribution is 7.10. The van der Waals surface area contributed by atoms with E-state index in [9.17, 15) is 9.59 Å².